The molecule has 0 aliphatic carbocycles. The number of nitrogens with two attached hydrogens (primary N) is 1. The van der Waals surface area contributed by atoms with Crippen molar-refractivity contribution >= 4 is 5.91 Å². The predicted molar refractivity (Wildman–Crippen MR) is 75.6 cm³/mol. The third kappa shape index (κ3) is 3.86. The second-order valence-corrected chi connectivity index (χ2v) is 4.43. The summed E-state index contributed by atoms with van der Waals surface area (Å²) in [5, 5.41) is 2.76. The average molecular weight is 274 g/mol. The number of rotatable bonds is 6. The number of carbonyl (C=O) groups excluding carboxylic acids is 1. The first-order valence-electron chi connectivity index (χ1n) is 6.44. The molecule has 0 saturated heterocycles. The van der Waals surface area contributed by atoms with Crippen molar-refractivity contribution in [1.82, 2.24) is 5.32 Å². The van der Waals surface area contributed by atoms with Gasteiger partial charge in [0.1, 0.15) is 24.4 Å². The van der Waals surface area contributed by atoms with Gasteiger partial charge >= 0.3 is 0 Å². The minimum absolute atomic E-state index is 0.193. The molecular formula is C15H18N2O3. The first kappa shape index (κ1) is 14.1. The maximum absolute atomic E-state index is 11.8. The summed E-state index contributed by atoms with van der Waals surface area (Å²) in [5.74, 6) is 1.19. The molecule has 0 unspecified atom stereocenters. The summed E-state index contributed by atoms with van der Waals surface area (Å²) in [6, 6.07) is 9.41. The van der Waals surface area contributed by atoms with Crippen molar-refractivity contribution in [3.63, 3.8) is 0 Å². The Morgan fingerprint density at radius 2 is 2.25 bits per heavy atom. The highest BCUT2D eigenvalue weighted by Crippen LogP contribution is 2.11. The van der Waals surface area contributed by atoms with Crippen LogP contribution in [0.25, 0.3) is 0 Å². The zero-order valence-corrected chi connectivity index (χ0v) is 11.4. The van der Waals surface area contributed by atoms with Crippen LogP contribution in [0.4, 0.5) is 0 Å². The van der Waals surface area contributed by atoms with E-state index in [-0.39, 0.29) is 12.5 Å². The molecule has 1 aromatic heterocycles. The van der Waals surface area contributed by atoms with Crippen LogP contribution < -0.4 is 15.8 Å². The van der Waals surface area contributed by atoms with Gasteiger partial charge in [0.25, 0.3) is 5.91 Å². The molecule has 0 bridgehead atoms. The third-order valence-corrected chi connectivity index (χ3v) is 2.76. The van der Waals surface area contributed by atoms with Crippen LogP contribution in [-0.2, 0) is 6.54 Å². The minimum atomic E-state index is -0.193. The summed E-state index contributed by atoms with van der Waals surface area (Å²) in [7, 11) is 0. The number of furan rings is 1. The number of hydrogen-bond acceptors (Lipinski definition) is 4. The summed E-state index contributed by atoms with van der Waals surface area (Å²) in [6.07, 6.45) is 1.40. The van der Waals surface area contributed by atoms with Gasteiger partial charge in [0, 0.05) is 0 Å². The lowest BCUT2D eigenvalue weighted by molar-refractivity contribution is 0.0946. The molecular weight excluding hydrogens is 256 g/mol. The zero-order valence-electron chi connectivity index (χ0n) is 11.4. The van der Waals surface area contributed by atoms with Crippen molar-refractivity contribution < 1.29 is 13.9 Å². The van der Waals surface area contributed by atoms with E-state index in [1.54, 1.807) is 6.07 Å². The summed E-state index contributed by atoms with van der Waals surface area (Å²) in [4.78, 5) is 11.8. The van der Waals surface area contributed by atoms with Gasteiger partial charge in [-0.1, -0.05) is 12.1 Å². The van der Waals surface area contributed by atoms with Crippen molar-refractivity contribution in [2.75, 3.05) is 13.2 Å². The van der Waals surface area contributed by atoms with Gasteiger partial charge in [0.2, 0.25) is 0 Å². The molecule has 20 heavy (non-hydrogen) atoms. The van der Waals surface area contributed by atoms with E-state index in [4.69, 9.17) is 14.9 Å². The van der Waals surface area contributed by atoms with Crippen molar-refractivity contribution in [2.24, 2.45) is 5.73 Å². The number of amides is 1. The van der Waals surface area contributed by atoms with Gasteiger partial charge in [0.15, 0.2) is 0 Å². The van der Waals surface area contributed by atoms with Gasteiger partial charge in [-0.05, 0) is 30.7 Å². The lowest BCUT2D eigenvalue weighted by atomic mass is 10.2. The predicted octanol–water partition coefficient (Wildman–Crippen LogP) is 1.86. The topological polar surface area (TPSA) is 77.5 Å². The first-order chi connectivity index (χ1) is 9.69. The largest absolute Gasteiger partial charge is 0.492 e. The van der Waals surface area contributed by atoms with Gasteiger partial charge in [-0.2, -0.15) is 0 Å². The second-order valence-electron chi connectivity index (χ2n) is 4.43. The summed E-state index contributed by atoms with van der Waals surface area (Å²) in [5.41, 5.74) is 7.03. The molecule has 1 aromatic carbocycles. The molecule has 0 aliphatic heterocycles. The summed E-state index contributed by atoms with van der Waals surface area (Å²) in [6.45, 7) is 3.12. The van der Waals surface area contributed by atoms with Crippen LogP contribution in [0.1, 0.15) is 21.7 Å². The van der Waals surface area contributed by atoms with Gasteiger partial charge in [-0.15, -0.1) is 0 Å². The molecule has 1 amide bonds. The standard InChI is InChI=1S/C15H18N2O3/c1-11-3-2-4-13(7-11)19-6-5-17-15(18)12-8-14(9-16)20-10-12/h2-4,7-8,10H,5-6,9,16H2,1H3,(H,17,18). The van der Waals surface area contributed by atoms with E-state index in [1.165, 1.54) is 6.26 Å². The molecule has 5 heteroatoms. The first-order valence-corrected chi connectivity index (χ1v) is 6.44. The van der Waals surface area contributed by atoms with Crippen LogP contribution in [0.3, 0.4) is 0 Å². The van der Waals surface area contributed by atoms with E-state index in [2.05, 4.69) is 5.32 Å². The lowest BCUT2D eigenvalue weighted by Crippen LogP contribution is -2.27. The van der Waals surface area contributed by atoms with Crippen LogP contribution in [0.5, 0.6) is 5.75 Å². The van der Waals surface area contributed by atoms with Crippen LogP contribution >= 0.6 is 0 Å². The van der Waals surface area contributed by atoms with Gasteiger partial charge in [-0.3, -0.25) is 4.79 Å². The molecule has 0 radical (unpaired) electrons. The number of carbonyl (C=O) groups is 1. The van der Waals surface area contributed by atoms with Crippen LogP contribution in [-0.4, -0.2) is 19.1 Å². The maximum atomic E-state index is 11.8. The van der Waals surface area contributed by atoms with E-state index in [0.29, 0.717) is 24.5 Å². The van der Waals surface area contributed by atoms with E-state index in [1.807, 2.05) is 31.2 Å². The van der Waals surface area contributed by atoms with E-state index < -0.39 is 0 Å². The van der Waals surface area contributed by atoms with Crippen LogP contribution in [0.2, 0.25) is 0 Å². The fourth-order valence-corrected chi connectivity index (χ4v) is 1.75. The monoisotopic (exact) mass is 274 g/mol. The molecule has 1 heterocycles. The van der Waals surface area contributed by atoms with Crippen molar-refractivity contribution in [3.05, 3.63) is 53.5 Å². The Balaban J connectivity index is 1.74. The quantitative estimate of drug-likeness (QED) is 0.788. The summed E-state index contributed by atoms with van der Waals surface area (Å²) >= 11 is 0. The molecule has 0 saturated carbocycles. The van der Waals surface area contributed by atoms with Crippen LogP contribution in [0, 0.1) is 6.92 Å². The molecule has 0 atom stereocenters. The number of aryl methyl sites for hydroxylation is 1. The molecule has 0 spiro atoms. The van der Waals surface area contributed by atoms with Crippen molar-refractivity contribution in [3.8, 4) is 5.75 Å². The van der Waals surface area contributed by atoms with Gasteiger partial charge in [-0.25, -0.2) is 0 Å². The fourth-order valence-electron chi connectivity index (χ4n) is 1.75. The Morgan fingerprint density at radius 3 is 2.95 bits per heavy atom. The summed E-state index contributed by atoms with van der Waals surface area (Å²) < 4.78 is 10.6. The van der Waals surface area contributed by atoms with E-state index >= 15 is 0 Å². The Hall–Kier alpha value is -2.27. The molecule has 3 N–H and O–H groups in total. The number of ether oxygens (including phenoxy) is 1. The highest BCUT2D eigenvalue weighted by molar-refractivity contribution is 5.93. The average Bonchev–Trinajstić information content (AvgIpc) is 2.92. The smallest absolute Gasteiger partial charge is 0.254 e. The van der Waals surface area contributed by atoms with E-state index in [0.717, 1.165) is 11.3 Å². The maximum Gasteiger partial charge on any atom is 0.254 e. The molecule has 0 aliphatic rings. The lowest BCUT2D eigenvalue weighted by Gasteiger charge is -2.07. The Morgan fingerprint density at radius 1 is 1.40 bits per heavy atom. The number of benzene rings is 1. The highest BCUT2D eigenvalue weighted by atomic mass is 16.5. The Bertz CT molecular complexity index is 578. The molecule has 0 fully saturated rings. The molecule has 5 nitrogen and oxygen atoms in total. The van der Waals surface area contributed by atoms with E-state index in [9.17, 15) is 4.79 Å². The van der Waals surface area contributed by atoms with Crippen LogP contribution in [0.15, 0.2) is 41.0 Å². The fraction of sp³-hybridized carbons (Fsp3) is 0.267. The third-order valence-electron chi connectivity index (χ3n) is 2.76. The Labute approximate surface area is 117 Å². The highest BCUT2D eigenvalue weighted by Gasteiger charge is 2.08. The van der Waals surface area contributed by atoms with Crippen molar-refractivity contribution in [2.45, 2.75) is 13.5 Å². The minimum Gasteiger partial charge on any atom is -0.492 e. The SMILES string of the molecule is Cc1cccc(OCCNC(=O)c2coc(CN)c2)c1. The van der Waals surface area contributed by atoms with Gasteiger partial charge < -0.3 is 20.2 Å². The molecule has 106 valence electrons. The van der Waals surface area contributed by atoms with Gasteiger partial charge in [0.05, 0.1) is 18.7 Å². The second kappa shape index (κ2) is 6.77. The van der Waals surface area contributed by atoms with Crippen molar-refractivity contribution in [1.29, 1.82) is 0 Å². The zero-order chi connectivity index (χ0) is 14.4. The Kier molecular flexibility index (Phi) is 4.79. The normalized spacial score (nSPS) is 10.3. The molecule has 2 aromatic rings. The number of nitrogens with one attached hydrogen (secondary N) is 1. The molecule has 2 rings (SSSR count). The number of hydrogen-bond donors (Lipinski definition) is 2.